The summed E-state index contributed by atoms with van der Waals surface area (Å²) < 4.78 is 31.1. The van der Waals surface area contributed by atoms with Crippen molar-refractivity contribution in [3.63, 3.8) is 0 Å². The minimum Gasteiger partial charge on any atom is -0.596 e. The first kappa shape index (κ1) is 70.5. The van der Waals surface area contributed by atoms with Crippen LogP contribution in [0.15, 0.2) is 36.5 Å². The summed E-state index contributed by atoms with van der Waals surface area (Å²) in [5.74, 6) is 0. The first-order valence-electron chi connectivity index (χ1n) is 27.1. The second-order valence-electron chi connectivity index (χ2n) is 18.0. The molecule has 10 heteroatoms. The van der Waals surface area contributed by atoms with E-state index in [9.17, 15) is 28.4 Å². The maximum atomic E-state index is 10.4. The molecule has 0 aromatic rings. The molecular weight excluding hydrogens is 893 g/mol. The molecule has 0 heterocycles. The minimum absolute atomic E-state index is 0. The van der Waals surface area contributed by atoms with Crippen LogP contribution in [-0.4, -0.2) is 18.5 Å². The van der Waals surface area contributed by atoms with E-state index in [1.165, 1.54) is 231 Å². The SMILES string of the molecule is CCCCCCCC/C=C\CCCCCCCC[P+](=O)[O-].CCCCCCCC/C=C\CCCCCCCC[P+](=O)[O-].CCCCCCCC/C=C\CCCCCCCC[P+](=O)[O-].[Fe+3]. The van der Waals surface area contributed by atoms with Gasteiger partial charge < -0.3 is 14.7 Å². The van der Waals surface area contributed by atoms with Crippen LogP contribution in [-0.2, 0) is 30.8 Å². The molecule has 0 aromatic carbocycles. The van der Waals surface area contributed by atoms with Gasteiger partial charge in [0.1, 0.15) is 18.5 Å². The van der Waals surface area contributed by atoms with Crippen molar-refractivity contribution in [1.29, 1.82) is 0 Å². The van der Waals surface area contributed by atoms with E-state index in [1.54, 1.807) is 0 Å². The molecule has 0 saturated carbocycles. The van der Waals surface area contributed by atoms with Gasteiger partial charge in [-0.2, -0.15) is 0 Å². The zero-order chi connectivity index (χ0) is 46.8. The van der Waals surface area contributed by atoms with Crippen LogP contribution in [0.25, 0.3) is 0 Å². The van der Waals surface area contributed by atoms with Gasteiger partial charge in [0.15, 0.2) is 0 Å². The Hall–Kier alpha value is -0.0805. The Bertz CT molecular complexity index is 886. The smallest absolute Gasteiger partial charge is 0.596 e. The Labute approximate surface area is 412 Å². The zero-order valence-corrected chi connectivity index (χ0v) is 46.2. The van der Waals surface area contributed by atoms with Gasteiger partial charge in [-0.05, 0) is 116 Å². The standard InChI is InChI=1S/3C18H35O2P.Fe/c3*1-2-3-4-5-6-7-8-9-10-11-12-13-14-15-16-17-18-21(19)20;/h3*9-10H,2-8,11-18H2,1H3;/q;;;+3/b3*10-9-;. The van der Waals surface area contributed by atoms with E-state index in [-0.39, 0.29) is 17.1 Å². The van der Waals surface area contributed by atoms with E-state index < -0.39 is 24.1 Å². The molecule has 0 aromatic heterocycles. The Kier molecular flexibility index (Phi) is 74.0. The molecule has 377 valence electrons. The van der Waals surface area contributed by atoms with Gasteiger partial charge in [0, 0.05) is 0 Å². The van der Waals surface area contributed by atoms with Gasteiger partial charge in [0.25, 0.3) is 0 Å². The largest absolute Gasteiger partial charge is 3.00 e. The average Bonchev–Trinajstić information content (AvgIpc) is 3.26. The van der Waals surface area contributed by atoms with Crippen molar-refractivity contribution in [1.82, 2.24) is 0 Å². The van der Waals surface area contributed by atoms with Crippen LogP contribution in [0.1, 0.15) is 290 Å². The number of hydrogen-bond acceptors (Lipinski definition) is 6. The van der Waals surface area contributed by atoms with Crippen LogP contribution in [0.2, 0.25) is 0 Å². The summed E-state index contributed by atoms with van der Waals surface area (Å²) >= 11 is 0. The molecule has 1 radical (unpaired) electrons. The molecule has 0 fully saturated rings. The molecule has 0 rings (SSSR count). The van der Waals surface area contributed by atoms with E-state index in [0.29, 0.717) is 18.5 Å². The zero-order valence-electron chi connectivity index (χ0n) is 42.4. The van der Waals surface area contributed by atoms with Crippen molar-refractivity contribution in [3.8, 4) is 0 Å². The van der Waals surface area contributed by atoms with Crippen molar-refractivity contribution in [2.24, 2.45) is 0 Å². The predicted octanol–water partition coefficient (Wildman–Crippen LogP) is 18.4. The van der Waals surface area contributed by atoms with E-state index in [1.807, 2.05) is 0 Å². The van der Waals surface area contributed by atoms with E-state index >= 15 is 0 Å². The number of rotatable bonds is 48. The molecule has 0 aliphatic rings. The van der Waals surface area contributed by atoms with Crippen molar-refractivity contribution in [3.05, 3.63) is 36.5 Å². The van der Waals surface area contributed by atoms with Crippen LogP contribution in [0.5, 0.6) is 0 Å². The van der Waals surface area contributed by atoms with Crippen LogP contribution < -0.4 is 14.7 Å². The molecule has 64 heavy (non-hydrogen) atoms. The van der Waals surface area contributed by atoms with Crippen molar-refractivity contribution in [2.45, 2.75) is 290 Å². The van der Waals surface area contributed by atoms with Crippen LogP contribution in [0.4, 0.5) is 0 Å². The van der Waals surface area contributed by atoms with Gasteiger partial charge in [-0.25, -0.2) is 0 Å². The molecule has 3 unspecified atom stereocenters. The van der Waals surface area contributed by atoms with Gasteiger partial charge in [0.05, 0.1) is 0 Å². The number of hydrogen-bond donors (Lipinski definition) is 0. The summed E-state index contributed by atoms with van der Waals surface area (Å²) in [4.78, 5) is 31.1. The molecule has 0 N–H and O–H groups in total. The molecule has 0 amide bonds. The van der Waals surface area contributed by atoms with Crippen molar-refractivity contribution < 1.29 is 45.4 Å². The molecule has 0 aliphatic heterocycles. The summed E-state index contributed by atoms with van der Waals surface area (Å²) in [5, 5.41) is 0. The summed E-state index contributed by atoms with van der Waals surface area (Å²) in [7, 11) is -6.46. The van der Waals surface area contributed by atoms with E-state index in [2.05, 4.69) is 57.2 Å². The molecular formula is C54H105FeO6P3+3. The van der Waals surface area contributed by atoms with E-state index in [4.69, 9.17) is 0 Å². The third kappa shape index (κ3) is 79.0. The summed E-state index contributed by atoms with van der Waals surface area (Å²) in [6.45, 7) is 6.79. The summed E-state index contributed by atoms with van der Waals surface area (Å²) in [5.41, 5.74) is 0. The van der Waals surface area contributed by atoms with Crippen LogP contribution >= 0.6 is 24.1 Å². The monoisotopic (exact) mass is 999 g/mol. The minimum atomic E-state index is -2.15. The topological polar surface area (TPSA) is 120 Å². The molecule has 0 aliphatic carbocycles. The first-order chi connectivity index (χ1) is 30.8. The normalized spacial score (nSPS) is 12.0. The third-order valence-corrected chi connectivity index (χ3v) is 13.6. The Morgan fingerprint density at radius 3 is 0.547 bits per heavy atom. The average molecular weight is 999 g/mol. The van der Waals surface area contributed by atoms with Gasteiger partial charge in [-0.15, -0.1) is 0 Å². The van der Waals surface area contributed by atoms with Crippen LogP contribution in [0.3, 0.4) is 0 Å². The van der Waals surface area contributed by atoms with Crippen molar-refractivity contribution in [2.75, 3.05) is 18.5 Å². The maximum absolute atomic E-state index is 10.4. The number of unbranched alkanes of at least 4 members (excludes halogenated alkanes) is 36. The molecule has 0 bridgehead atoms. The van der Waals surface area contributed by atoms with Crippen molar-refractivity contribution >= 4 is 24.1 Å². The Balaban J connectivity index is -0.000000419. The molecule has 3 atom stereocenters. The van der Waals surface area contributed by atoms with Crippen LogP contribution in [0, 0.1) is 0 Å². The number of allylic oxidation sites excluding steroid dienone is 6. The summed E-state index contributed by atoms with van der Waals surface area (Å²) in [6.07, 6.45) is 68.1. The third-order valence-electron chi connectivity index (χ3n) is 11.6. The molecule has 0 saturated heterocycles. The van der Waals surface area contributed by atoms with Gasteiger partial charge in [-0.1, -0.05) is 225 Å². The maximum Gasteiger partial charge on any atom is 3.00 e. The molecule has 0 spiro atoms. The van der Waals surface area contributed by atoms with Gasteiger partial charge in [0.2, 0.25) is 0 Å². The summed E-state index contributed by atoms with van der Waals surface area (Å²) in [6, 6.07) is 0. The fraction of sp³-hybridized carbons (Fsp3) is 0.889. The van der Waals surface area contributed by atoms with Gasteiger partial charge >= 0.3 is 41.2 Å². The predicted molar refractivity (Wildman–Crippen MR) is 276 cm³/mol. The Morgan fingerprint density at radius 1 is 0.250 bits per heavy atom. The quantitative estimate of drug-likeness (QED) is 0.0259. The van der Waals surface area contributed by atoms with E-state index in [0.717, 1.165) is 38.5 Å². The van der Waals surface area contributed by atoms with Gasteiger partial charge in [-0.3, -0.25) is 0 Å². The Morgan fingerprint density at radius 2 is 0.391 bits per heavy atom. The fourth-order valence-corrected chi connectivity index (χ4v) is 8.91. The second kappa shape index (κ2) is 67.2. The fourth-order valence-electron chi connectivity index (χ4n) is 7.47. The second-order valence-corrected chi connectivity index (χ2v) is 21.3. The first-order valence-corrected chi connectivity index (χ1v) is 31.2. The molecule has 6 nitrogen and oxygen atoms in total.